The quantitative estimate of drug-likeness (QED) is 0.375. The van der Waals surface area contributed by atoms with Crippen molar-refractivity contribution in [3.63, 3.8) is 0 Å². The van der Waals surface area contributed by atoms with Gasteiger partial charge in [0.1, 0.15) is 4.90 Å². The lowest BCUT2D eigenvalue weighted by atomic mass is 10.00. The van der Waals surface area contributed by atoms with Gasteiger partial charge in [0.2, 0.25) is 0 Å². The van der Waals surface area contributed by atoms with E-state index in [1.807, 2.05) is 30.3 Å². The first-order valence-corrected chi connectivity index (χ1v) is 10.8. The number of ether oxygens (including phenoxy) is 1. The molecule has 0 atom stereocenters. The summed E-state index contributed by atoms with van der Waals surface area (Å²) in [6.45, 7) is 0. The lowest BCUT2D eigenvalue weighted by Crippen LogP contribution is -2.12. The predicted molar refractivity (Wildman–Crippen MR) is 111 cm³/mol. The molecule has 3 aromatic rings. The van der Waals surface area contributed by atoms with Gasteiger partial charge in [-0.2, -0.15) is 0 Å². The highest BCUT2D eigenvalue weighted by molar-refractivity contribution is 7.90. The van der Waals surface area contributed by atoms with Crippen LogP contribution in [0.15, 0.2) is 65.6 Å². The SMILES string of the molecule is COC(=O)c1ccc(-c2ccccc2)cc1CS(=O)(=O)c1cc(Cl)cc(Cl)c1F. The highest BCUT2D eigenvalue weighted by Gasteiger charge is 2.25. The van der Waals surface area contributed by atoms with Crippen molar-refractivity contribution in [3.05, 3.63) is 87.7 Å². The lowest BCUT2D eigenvalue weighted by Gasteiger charge is -2.13. The molecule has 0 saturated carbocycles. The smallest absolute Gasteiger partial charge is 0.338 e. The van der Waals surface area contributed by atoms with E-state index >= 15 is 0 Å². The molecule has 4 nitrogen and oxygen atoms in total. The van der Waals surface area contributed by atoms with Crippen LogP contribution in [0.25, 0.3) is 11.1 Å². The molecule has 0 amide bonds. The van der Waals surface area contributed by atoms with E-state index in [9.17, 15) is 17.6 Å². The van der Waals surface area contributed by atoms with Crippen LogP contribution < -0.4 is 0 Å². The monoisotopic (exact) mass is 452 g/mol. The first-order valence-electron chi connectivity index (χ1n) is 8.37. The van der Waals surface area contributed by atoms with Crippen molar-refractivity contribution in [1.29, 1.82) is 0 Å². The summed E-state index contributed by atoms with van der Waals surface area (Å²) in [5, 5.41) is -0.413. The Morgan fingerprint density at radius 2 is 1.69 bits per heavy atom. The van der Waals surface area contributed by atoms with Gasteiger partial charge in [-0.15, -0.1) is 0 Å². The number of halogens is 3. The molecule has 0 fully saturated rings. The second-order valence-corrected chi connectivity index (χ2v) is 8.99. The molecular weight excluding hydrogens is 438 g/mol. The molecule has 0 radical (unpaired) electrons. The van der Waals surface area contributed by atoms with Crippen LogP contribution in [0, 0.1) is 5.82 Å². The van der Waals surface area contributed by atoms with E-state index in [2.05, 4.69) is 0 Å². The average Bonchev–Trinajstić information content (AvgIpc) is 2.70. The van der Waals surface area contributed by atoms with E-state index in [0.717, 1.165) is 17.7 Å². The minimum Gasteiger partial charge on any atom is -0.465 e. The van der Waals surface area contributed by atoms with E-state index in [1.165, 1.54) is 13.2 Å². The van der Waals surface area contributed by atoms with Crippen LogP contribution in [-0.4, -0.2) is 21.5 Å². The molecule has 150 valence electrons. The van der Waals surface area contributed by atoms with Gasteiger partial charge in [-0.05, 0) is 41.0 Å². The third kappa shape index (κ3) is 4.61. The topological polar surface area (TPSA) is 60.4 Å². The molecule has 0 bridgehead atoms. The van der Waals surface area contributed by atoms with Crippen molar-refractivity contribution >= 4 is 39.0 Å². The molecule has 3 aromatic carbocycles. The third-order valence-electron chi connectivity index (χ3n) is 4.26. The maximum atomic E-state index is 14.4. The standard InChI is InChI=1S/C21H15Cl2FO4S/c1-28-21(25)17-8-7-14(13-5-3-2-4-6-13)9-15(17)12-29(26,27)19-11-16(22)10-18(23)20(19)24/h2-11H,12H2,1H3. The van der Waals surface area contributed by atoms with Gasteiger partial charge in [-0.1, -0.05) is 59.6 Å². The number of hydrogen-bond acceptors (Lipinski definition) is 4. The average molecular weight is 453 g/mol. The van der Waals surface area contributed by atoms with Crippen LogP contribution in [0.4, 0.5) is 4.39 Å². The number of carbonyl (C=O) groups excluding carboxylic acids is 1. The maximum absolute atomic E-state index is 14.4. The Hall–Kier alpha value is -2.41. The molecule has 0 saturated heterocycles. The molecule has 8 heteroatoms. The van der Waals surface area contributed by atoms with E-state index in [-0.39, 0.29) is 16.1 Å². The molecule has 0 aliphatic rings. The van der Waals surface area contributed by atoms with Crippen molar-refractivity contribution in [1.82, 2.24) is 0 Å². The number of esters is 1. The van der Waals surface area contributed by atoms with Crippen LogP contribution in [-0.2, 0) is 20.3 Å². The summed E-state index contributed by atoms with van der Waals surface area (Å²) >= 11 is 11.6. The lowest BCUT2D eigenvalue weighted by molar-refractivity contribution is 0.0600. The Morgan fingerprint density at radius 3 is 2.34 bits per heavy atom. The zero-order chi connectivity index (χ0) is 21.2. The van der Waals surface area contributed by atoms with Gasteiger partial charge in [0.15, 0.2) is 15.7 Å². The van der Waals surface area contributed by atoms with Crippen molar-refractivity contribution < 1.29 is 22.3 Å². The number of carbonyl (C=O) groups is 1. The van der Waals surface area contributed by atoms with Crippen LogP contribution in [0.5, 0.6) is 0 Å². The van der Waals surface area contributed by atoms with Crippen LogP contribution in [0.2, 0.25) is 10.0 Å². The Balaban J connectivity index is 2.12. The number of methoxy groups -OCH3 is 1. The molecule has 0 unspecified atom stereocenters. The van der Waals surface area contributed by atoms with E-state index in [4.69, 9.17) is 27.9 Å². The molecule has 0 aromatic heterocycles. The van der Waals surface area contributed by atoms with E-state index in [1.54, 1.807) is 12.1 Å². The Bertz CT molecular complexity index is 1180. The van der Waals surface area contributed by atoms with Gasteiger partial charge in [-0.3, -0.25) is 0 Å². The second kappa shape index (κ2) is 8.53. The molecule has 3 rings (SSSR count). The van der Waals surface area contributed by atoms with Gasteiger partial charge in [0.05, 0.1) is 23.4 Å². The zero-order valence-electron chi connectivity index (χ0n) is 15.2. The first kappa shape index (κ1) is 21.3. The summed E-state index contributed by atoms with van der Waals surface area (Å²) in [5.41, 5.74) is 1.78. The number of benzene rings is 3. The van der Waals surface area contributed by atoms with E-state index in [0.29, 0.717) is 5.56 Å². The molecule has 0 spiro atoms. The molecule has 0 heterocycles. The molecule has 29 heavy (non-hydrogen) atoms. The second-order valence-electron chi connectivity index (χ2n) is 6.19. The van der Waals surface area contributed by atoms with Crippen LogP contribution in [0.1, 0.15) is 15.9 Å². The van der Waals surface area contributed by atoms with Crippen molar-refractivity contribution in [3.8, 4) is 11.1 Å². The third-order valence-corrected chi connectivity index (χ3v) is 6.41. The Kier molecular flexibility index (Phi) is 6.27. The molecule has 0 N–H and O–H groups in total. The van der Waals surface area contributed by atoms with Gasteiger partial charge in [0.25, 0.3) is 0 Å². The first-order chi connectivity index (χ1) is 13.7. The van der Waals surface area contributed by atoms with Gasteiger partial charge >= 0.3 is 5.97 Å². The summed E-state index contributed by atoms with van der Waals surface area (Å²) in [4.78, 5) is 11.5. The van der Waals surface area contributed by atoms with Crippen LogP contribution >= 0.6 is 23.2 Å². The molecule has 0 aliphatic heterocycles. The Labute approximate surface area is 177 Å². The summed E-state index contributed by atoms with van der Waals surface area (Å²) in [6, 6.07) is 16.1. The number of hydrogen-bond donors (Lipinski definition) is 0. The summed E-state index contributed by atoms with van der Waals surface area (Å²) < 4.78 is 45.0. The van der Waals surface area contributed by atoms with Crippen LogP contribution in [0.3, 0.4) is 0 Å². The van der Waals surface area contributed by atoms with Crippen molar-refractivity contribution in [2.75, 3.05) is 7.11 Å². The van der Waals surface area contributed by atoms with Crippen molar-refractivity contribution in [2.45, 2.75) is 10.6 Å². The maximum Gasteiger partial charge on any atom is 0.338 e. The minimum absolute atomic E-state index is 0.0128. The predicted octanol–water partition coefficient (Wildman–Crippen LogP) is 5.56. The number of rotatable bonds is 5. The molecular formula is C21H15Cl2FO4S. The van der Waals surface area contributed by atoms with Gasteiger partial charge in [-0.25, -0.2) is 17.6 Å². The van der Waals surface area contributed by atoms with E-state index < -0.39 is 37.3 Å². The highest BCUT2D eigenvalue weighted by Crippen LogP contribution is 2.31. The number of sulfone groups is 1. The molecule has 0 aliphatic carbocycles. The normalized spacial score (nSPS) is 11.3. The highest BCUT2D eigenvalue weighted by atomic mass is 35.5. The fourth-order valence-corrected chi connectivity index (χ4v) is 4.98. The zero-order valence-corrected chi connectivity index (χ0v) is 17.5. The largest absolute Gasteiger partial charge is 0.465 e. The van der Waals surface area contributed by atoms with Gasteiger partial charge < -0.3 is 4.74 Å². The summed E-state index contributed by atoms with van der Waals surface area (Å²) in [6.07, 6.45) is 0. The summed E-state index contributed by atoms with van der Waals surface area (Å²) in [5.74, 6) is -2.42. The fraction of sp³-hybridized carbons (Fsp3) is 0.0952. The van der Waals surface area contributed by atoms with Gasteiger partial charge in [0, 0.05) is 5.02 Å². The Morgan fingerprint density at radius 1 is 1.00 bits per heavy atom. The minimum atomic E-state index is -4.20. The van der Waals surface area contributed by atoms with Crippen molar-refractivity contribution in [2.24, 2.45) is 0 Å². The fourth-order valence-electron chi connectivity index (χ4n) is 2.87. The summed E-state index contributed by atoms with van der Waals surface area (Å²) in [7, 11) is -3.01.